The Bertz CT molecular complexity index is 663. The number of hydrogen-bond acceptors (Lipinski definition) is 1. The summed E-state index contributed by atoms with van der Waals surface area (Å²) >= 11 is 0. The second kappa shape index (κ2) is 3.74. The highest BCUT2D eigenvalue weighted by atomic mass is 15.3. The molecule has 17 heavy (non-hydrogen) atoms. The van der Waals surface area contributed by atoms with Crippen molar-refractivity contribution in [3.05, 3.63) is 59.8 Å². The van der Waals surface area contributed by atoms with Gasteiger partial charge in [0.25, 0.3) is 0 Å². The van der Waals surface area contributed by atoms with Gasteiger partial charge in [-0.25, -0.2) is 4.68 Å². The molecular weight excluding hydrogens is 208 g/mol. The first-order valence-corrected chi connectivity index (χ1v) is 5.76. The monoisotopic (exact) mass is 222 g/mol. The quantitative estimate of drug-likeness (QED) is 0.614. The minimum absolute atomic E-state index is 1.05. The first-order valence-electron chi connectivity index (χ1n) is 5.76. The van der Waals surface area contributed by atoms with Crippen molar-refractivity contribution in [1.82, 2.24) is 9.78 Å². The first kappa shape index (κ1) is 10.1. The van der Waals surface area contributed by atoms with Crippen molar-refractivity contribution in [3.8, 4) is 5.69 Å². The van der Waals surface area contributed by atoms with Gasteiger partial charge in [-0.1, -0.05) is 29.8 Å². The van der Waals surface area contributed by atoms with Gasteiger partial charge in [0.05, 0.1) is 11.2 Å². The van der Waals surface area contributed by atoms with E-state index in [1.54, 1.807) is 0 Å². The number of aromatic nitrogens is 2. The van der Waals surface area contributed by atoms with Crippen LogP contribution >= 0.6 is 0 Å². The molecule has 0 unspecified atom stereocenters. The van der Waals surface area contributed by atoms with Crippen molar-refractivity contribution in [2.45, 2.75) is 13.8 Å². The van der Waals surface area contributed by atoms with Crippen LogP contribution in [0.2, 0.25) is 0 Å². The van der Waals surface area contributed by atoms with E-state index >= 15 is 0 Å². The predicted molar refractivity (Wildman–Crippen MR) is 70.5 cm³/mol. The highest BCUT2D eigenvalue weighted by molar-refractivity contribution is 5.81. The summed E-state index contributed by atoms with van der Waals surface area (Å²) in [6.07, 6.45) is 2.09. The van der Waals surface area contributed by atoms with Crippen molar-refractivity contribution in [2.24, 2.45) is 0 Å². The summed E-state index contributed by atoms with van der Waals surface area (Å²) in [7, 11) is 0. The molecule has 0 N–H and O–H groups in total. The van der Waals surface area contributed by atoms with E-state index in [2.05, 4.69) is 55.5 Å². The molecule has 2 aromatic carbocycles. The number of hydrogen-bond donors (Lipinski definition) is 0. The lowest BCUT2D eigenvalue weighted by molar-refractivity contribution is 0.896. The van der Waals surface area contributed by atoms with E-state index < -0.39 is 0 Å². The van der Waals surface area contributed by atoms with Crippen molar-refractivity contribution in [1.29, 1.82) is 0 Å². The molecule has 84 valence electrons. The molecule has 0 bridgehead atoms. The van der Waals surface area contributed by atoms with Crippen molar-refractivity contribution >= 4 is 10.9 Å². The first-order chi connectivity index (χ1) is 8.24. The fourth-order valence-corrected chi connectivity index (χ4v) is 2.02. The van der Waals surface area contributed by atoms with Gasteiger partial charge in [0.2, 0.25) is 0 Å². The molecule has 0 spiro atoms. The van der Waals surface area contributed by atoms with E-state index in [0.717, 1.165) is 11.2 Å². The van der Waals surface area contributed by atoms with Crippen LogP contribution in [0, 0.1) is 13.8 Å². The summed E-state index contributed by atoms with van der Waals surface area (Å²) in [5.41, 5.74) is 4.68. The molecule has 0 amide bonds. The average molecular weight is 222 g/mol. The standard InChI is InChI=1S/C15H14N2/c1-11-6-8-13(9-7-11)17-10-14-12(2)4-3-5-15(14)16-17/h3-10H,1-2H3. The second-order valence-corrected chi connectivity index (χ2v) is 4.42. The van der Waals surface area contributed by atoms with Gasteiger partial charge in [-0.15, -0.1) is 0 Å². The molecule has 0 atom stereocenters. The zero-order chi connectivity index (χ0) is 11.8. The average Bonchev–Trinajstić information content (AvgIpc) is 2.75. The van der Waals surface area contributed by atoms with Crippen LogP contribution < -0.4 is 0 Å². The van der Waals surface area contributed by atoms with Gasteiger partial charge in [0.1, 0.15) is 0 Å². The summed E-state index contributed by atoms with van der Waals surface area (Å²) < 4.78 is 1.94. The Morgan fingerprint density at radius 3 is 2.41 bits per heavy atom. The third-order valence-electron chi connectivity index (χ3n) is 3.07. The van der Waals surface area contributed by atoms with Crippen LogP contribution in [0.5, 0.6) is 0 Å². The topological polar surface area (TPSA) is 17.8 Å². The molecule has 0 saturated heterocycles. The molecule has 3 aromatic rings. The minimum atomic E-state index is 1.05. The van der Waals surface area contributed by atoms with E-state index in [1.165, 1.54) is 16.5 Å². The second-order valence-electron chi connectivity index (χ2n) is 4.42. The van der Waals surface area contributed by atoms with Crippen LogP contribution in [0.1, 0.15) is 11.1 Å². The Morgan fingerprint density at radius 2 is 1.71 bits per heavy atom. The van der Waals surface area contributed by atoms with E-state index in [0.29, 0.717) is 0 Å². The van der Waals surface area contributed by atoms with Gasteiger partial charge in [0, 0.05) is 11.6 Å². The van der Waals surface area contributed by atoms with Gasteiger partial charge in [-0.05, 0) is 37.6 Å². The lowest BCUT2D eigenvalue weighted by Gasteiger charge is -2.00. The normalized spacial score (nSPS) is 10.9. The van der Waals surface area contributed by atoms with Gasteiger partial charge in [0.15, 0.2) is 0 Å². The number of nitrogens with zero attached hydrogens (tertiary/aromatic N) is 2. The van der Waals surface area contributed by atoms with Crippen LogP contribution in [0.25, 0.3) is 16.6 Å². The number of fused-ring (bicyclic) bond motifs is 1. The molecule has 0 saturated carbocycles. The van der Waals surface area contributed by atoms with E-state index in [1.807, 2.05) is 16.8 Å². The summed E-state index contributed by atoms with van der Waals surface area (Å²) in [6.45, 7) is 4.21. The third kappa shape index (κ3) is 1.72. The summed E-state index contributed by atoms with van der Waals surface area (Å²) in [5, 5.41) is 5.81. The van der Waals surface area contributed by atoms with Gasteiger partial charge < -0.3 is 0 Å². The van der Waals surface area contributed by atoms with Crippen LogP contribution in [-0.2, 0) is 0 Å². The van der Waals surface area contributed by atoms with Gasteiger partial charge in [-0.2, -0.15) is 5.10 Å². The lowest BCUT2D eigenvalue weighted by atomic mass is 10.1. The molecule has 1 heterocycles. The van der Waals surface area contributed by atoms with Gasteiger partial charge in [-0.3, -0.25) is 0 Å². The Kier molecular flexibility index (Phi) is 2.22. The van der Waals surface area contributed by atoms with Crippen molar-refractivity contribution < 1.29 is 0 Å². The fraction of sp³-hybridized carbons (Fsp3) is 0.133. The molecule has 3 rings (SSSR count). The highest BCUT2D eigenvalue weighted by Gasteiger charge is 2.03. The molecule has 0 radical (unpaired) electrons. The van der Waals surface area contributed by atoms with E-state index in [9.17, 15) is 0 Å². The summed E-state index contributed by atoms with van der Waals surface area (Å²) in [4.78, 5) is 0. The van der Waals surface area contributed by atoms with Gasteiger partial charge >= 0.3 is 0 Å². The molecule has 1 aromatic heterocycles. The zero-order valence-electron chi connectivity index (χ0n) is 10.0. The van der Waals surface area contributed by atoms with Crippen molar-refractivity contribution in [3.63, 3.8) is 0 Å². The highest BCUT2D eigenvalue weighted by Crippen LogP contribution is 2.19. The summed E-state index contributed by atoms with van der Waals surface area (Å²) in [5.74, 6) is 0. The smallest absolute Gasteiger partial charge is 0.0930 e. The molecule has 2 heteroatoms. The largest absolute Gasteiger partial charge is 0.240 e. The van der Waals surface area contributed by atoms with Crippen LogP contribution in [0.4, 0.5) is 0 Å². The Hall–Kier alpha value is -2.09. The Balaban J connectivity index is 2.18. The maximum atomic E-state index is 4.59. The Morgan fingerprint density at radius 1 is 0.941 bits per heavy atom. The Labute approximate surface area is 101 Å². The molecule has 0 aliphatic rings. The third-order valence-corrected chi connectivity index (χ3v) is 3.07. The maximum absolute atomic E-state index is 4.59. The molecule has 0 aliphatic heterocycles. The lowest BCUT2D eigenvalue weighted by Crippen LogP contribution is -1.93. The zero-order valence-corrected chi connectivity index (χ0v) is 10.0. The fourth-order valence-electron chi connectivity index (χ4n) is 2.02. The number of aryl methyl sites for hydroxylation is 2. The molecule has 0 fully saturated rings. The van der Waals surface area contributed by atoms with Crippen molar-refractivity contribution in [2.75, 3.05) is 0 Å². The van der Waals surface area contributed by atoms with Crippen LogP contribution in [-0.4, -0.2) is 9.78 Å². The summed E-state index contributed by atoms with van der Waals surface area (Å²) in [6, 6.07) is 14.6. The predicted octanol–water partition coefficient (Wildman–Crippen LogP) is 3.64. The van der Waals surface area contributed by atoms with Crippen LogP contribution in [0.15, 0.2) is 48.7 Å². The SMILES string of the molecule is Cc1ccc(-n2cc3c(C)cccc3n2)cc1. The van der Waals surface area contributed by atoms with E-state index in [4.69, 9.17) is 0 Å². The molecule has 2 nitrogen and oxygen atoms in total. The van der Waals surface area contributed by atoms with Crippen LogP contribution in [0.3, 0.4) is 0 Å². The molecule has 0 aliphatic carbocycles. The molecular formula is C15H14N2. The number of rotatable bonds is 1. The minimum Gasteiger partial charge on any atom is -0.240 e. The van der Waals surface area contributed by atoms with E-state index in [-0.39, 0.29) is 0 Å². The maximum Gasteiger partial charge on any atom is 0.0930 e. The number of benzene rings is 2.